The standard InChI is InChI=1S/C13H20N4/c1-3-14-13(17-11-6-7-11)16-9-12-10(2)5-4-8-15-12/h4-5,8,11H,3,6-7,9H2,1-2H3,(H2,14,16,17). The predicted molar refractivity (Wildman–Crippen MR) is 69.9 cm³/mol. The number of rotatable bonds is 4. The Hall–Kier alpha value is -1.58. The smallest absolute Gasteiger partial charge is 0.191 e. The molecule has 0 saturated heterocycles. The van der Waals surface area contributed by atoms with Gasteiger partial charge in [0.05, 0.1) is 12.2 Å². The van der Waals surface area contributed by atoms with Gasteiger partial charge in [-0.3, -0.25) is 4.98 Å². The van der Waals surface area contributed by atoms with E-state index >= 15 is 0 Å². The summed E-state index contributed by atoms with van der Waals surface area (Å²) in [4.78, 5) is 8.90. The molecule has 0 aliphatic heterocycles. The summed E-state index contributed by atoms with van der Waals surface area (Å²) >= 11 is 0. The minimum Gasteiger partial charge on any atom is -0.357 e. The number of pyridine rings is 1. The van der Waals surface area contributed by atoms with Gasteiger partial charge >= 0.3 is 0 Å². The lowest BCUT2D eigenvalue weighted by Gasteiger charge is -2.10. The number of guanidine groups is 1. The van der Waals surface area contributed by atoms with Gasteiger partial charge in [0, 0.05) is 18.8 Å². The number of aliphatic imine (C=N–C) groups is 1. The molecule has 2 N–H and O–H groups in total. The van der Waals surface area contributed by atoms with E-state index in [1.165, 1.54) is 18.4 Å². The Kier molecular flexibility index (Phi) is 3.96. The Bertz CT molecular complexity index is 396. The second-order valence-electron chi connectivity index (χ2n) is 4.38. The van der Waals surface area contributed by atoms with E-state index in [-0.39, 0.29) is 0 Å². The molecule has 1 aliphatic carbocycles. The van der Waals surface area contributed by atoms with Gasteiger partial charge in [0.15, 0.2) is 5.96 Å². The van der Waals surface area contributed by atoms with Crippen LogP contribution in [0.25, 0.3) is 0 Å². The Morgan fingerprint density at radius 1 is 1.53 bits per heavy atom. The van der Waals surface area contributed by atoms with Gasteiger partial charge in [-0.15, -0.1) is 0 Å². The molecule has 1 aromatic rings. The molecule has 0 aromatic carbocycles. The van der Waals surface area contributed by atoms with Crippen molar-refractivity contribution in [2.75, 3.05) is 6.54 Å². The van der Waals surface area contributed by atoms with Crippen LogP contribution in [0, 0.1) is 6.92 Å². The van der Waals surface area contributed by atoms with E-state index in [9.17, 15) is 0 Å². The molecule has 4 heteroatoms. The van der Waals surface area contributed by atoms with Crippen LogP contribution >= 0.6 is 0 Å². The van der Waals surface area contributed by atoms with E-state index in [0.29, 0.717) is 12.6 Å². The minimum absolute atomic E-state index is 0.623. The molecule has 0 amide bonds. The molecule has 92 valence electrons. The quantitative estimate of drug-likeness (QED) is 0.612. The molecule has 4 nitrogen and oxygen atoms in total. The first-order valence-electron chi connectivity index (χ1n) is 6.25. The zero-order chi connectivity index (χ0) is 12.1. The second kappa shape index (κ2) is 5.66. The van der Waals surface area contributed by atoms with Crippen LogP contribution in [-0.2, 0) is 6.54 Å². The highest BCUT2D eigenvalue weighted by Gasteiger charge is 2.22. The van der Waals surface area contributed by atoms with Gasteiger partial charge in [0.25, 0.3) is 0 Å². The van der Waals surface area contributed by atoms with E-state index in [2.05, 4.69) is 40.5 Å². The fourth-order valence-corrected chi connectivity index (χ4v) is 1.58. The van der Waals surface area contributed by atoms with Gasteiger partial charge in [-0.25, -0.2) is 4.99 Å². The Morgan fingerprint density at radius 2 is 2.35 bits per heavy atom. The normalized spacial score (nSPS) is 15.8. The van der Waals surface area contributed by atoms with Crippen LogP contribution in [0.5, 0.6) is 0 Å². The summed E-state index contributed by atoms with van der Waals surface area (Å²) in [7, 11) is 0. The molecule has 0 bridgehead atoms. The van der Waals surface area contributed by atoms with Gasteiger partial charge in [-0.2, -0.15) is 0 Å². The molecule has 1 fully saturated rings. The van der Waals surface area contributed by atoms with Crippen molar-refractivity contribution in [3.05, 3.63) is 29.6 Å². The number of nitrogens with zero attached hydrogens (tertiary/aromatic N) is 2. The molecule has 1 aliphatic rings. The van der Waals surface area contributed by atoms with Gasteiger partial charge in [0.2, 0.25) is 0 Å². The average Bonchev–Trinajstić information content (AvgIpc) is 3.12. The van der Waals surface area contributed by atoms with Crippen LogP contribution in [-0.4, -0.2) is 23.5 Å². The highest BCUT2D eigenvalue weighted by atomic mass is 15.2. The molecular formula is C13H20N4. The number of hydrogen-bond acceptors (Lipinski definition) is 2. The topological polar surface area (TPSA) is 49.3 Å². The number of hydrogen-bond donors (Lipinski definition) is 2. The SMILES string of the molecule is CCNC(=NCc1ncccc1C)NC1CC1. The zero-order valence-corrected chi connectivity index (χ0v) is 10.5. The van der Waals surface area contributed by atoms with Crippen molar-refractivity contribution in [1.82, 2.24) is 15.6 Å². The summed E-state index contributed by atoms with van der Waals surface area (Å²) in [6, 6.07) is 4.65. The zero-order valence-electron chi connectivity index (χ0n) is 10.5. The summed E-state index contributed by atoms with van der Waals surface area (Å²) in [5.41, 5.74) is 2.24. The maximum atomic E-state index is 4.56. The van der Waals surface area contributed by atoms with Crippen LogP contribution in [0.4, 0.5) is 0 Å². The van der Waals surface area contributed by atoms with Crippen LogP contribution in [0.3, 0.4) is 0 Å². The maximum Gasteiger partial charge on any atom is 0.191 e. The lowest BCUT2D eigenvalue weighted by atomic mass is 10.2. The van der Waals surface area contributed by atoms with E-state index in [1.807, 2.05) is 12.3 Å². The molecule has 0 radical (unpaired) electrons. The predicted octanol–water partition coefficient (Wildman–Crippen LogP) is 1.61. The van der Waals surface area contributed by atoms with Gasteiger partial charge in [-0.05, 0) is 38.3 Å². The highest BCUT2D eigenvalue weighted by Crippen LogP contribution is 2.18. The fourth-order valence-electron chi connectivity index (χ4n) is 1.58. The van der Waals surface area contributed by atoms with Gasteiger partial charge in [-0.1, -0.05) is 6.07 Å². The van der Waals surface area contributed by atoms with E-state index in [1.54, 1.807) is 0 Å². The van der Waals surface area contributed by atoms with Crippen molar-refractivity contribution >= 4 is 5.96 Å². The van der Waals surface area contributed by atoms with E-state index in [0.717, 1.165) is 18.2 Å². The van der Waals surface area contributed by atoms with Crippen LogP contribution in [0.2, 0.25) is 0 Å². The summed E-state index contributed by atoms with van der Waals surface area (Å²) in [6.07, 6.45) is 4.33. The number of nitrogens with one attached hydrogen (secondary N) is 2. The van der Waals surface area contributed by atoms with Crippen molar-refractivity contribution in [3.8, 4) is 0 Å². The number of aromatic nitrogens is 1. The van der Waals surface area contributed by atoms with Crippen molar-refractivity contribution < 1.29 is 0 Å². The summed E-state index contributed by atoms with van der Waals surface area (Å²) in [5, 5.41) is 6.65. The molecule has 2 rings (SSSR count). The van der Waals surface area contributed by atoms with Crippen molar-refractivity contribution in [3.63, 3.8) is 0 Å². The van der Waals surface area contributed by atoms with Crippen LogP contribution < -0.4 is 10.6 Å². The third-order valence-corrected chi connectivity index (χ3v) is 2.77. The van der Waals surface area contributed by atoms with Crippen LogP contribution in [0.15, 0.2) is 23.3 Å². The highest BCUT2D eigenvalue weighted by molar-refractivity contribution is 5.80. The van der Waals surface area contributed by atoms with E-state index < -0.39 is 0 Å². The molecule has 1 aromatic heterocycles. The van der Waals surface area contributed by atoms with Crippen molar-refractivity contribution in [2.24, 2.45) is 4.99 Å². The molecule has 1 heterocycles. The van der Waals surface area contributed by atoms with Crippen LogP contribution in [0.1, 0.15) is 31.0 Å². The summed E-state index contributed by atoms with van der Waals surface area (Å²) < 4.78 is 0. The first kappa shape index (κ1) is 11.9. The summed E-state index contributed by atoms with van der Waals surface area (Å²) in [5.74, 6) is 0.903. The molecule has 1 saturated carbocycles. The molecule has 0 spiro atoms. The number of aryl methyl sites for hydroxylation is 1. The first-order chi connectivity index (χ1) is 8.29. The third kappa shape index (κ3) is 3.73. The summed E-state index contributed by atoms with van der Waals surface area (Å²) in [6.45, 7) is 5.67. The molecule has 17 heavy (non-hydrogen) atoms. The fraction of sp³-hybridized carbons (Fsp3) is 0.538. The lowest BCUT2D eigenvalue weighted by molar-refractivity contribution is 0.807. The van der Waals surface area contributed by atoms with Crippen molar-refractivity contribution in [1.29, 1.82) is 0 Å². The molecular weight excluding hydrogens is 212 g/mol. The Morgan fingerprint density at radius 3 is 3.00 bits per heavy atom. The van der Waals surface area contributed by atoms with Crippen molar-refractivity contribution in [2.45, 2.75) is 39.3 Å². The second-order valence-corrected chi connectivity index (χ2v) is 4.38. The molecule has 0 atom stereocenters. The average molecular weight is 232 g/mol. The third-order valence-electron chi connectivity index (χ3n) is 2.77. The van der Waals surface area contributed by atoms with Gasteiger partial charge in [0.1, 0.15) is 0 Å². The minimum atomic E-state index is 0.623. The molecule has 0 unspecified atom stereocenters. The first-order valence-corrected chi connectivity index (χ1v) is 6.25. The Balaban J connectivity index is 1.97. The van der Waals surface area contributed by atoms with E-state index in [4.69, 9.17) is 0 Å². The Labute approximate surface area is 103 Å². The largest absolute Gasteiger partial charge is 0.357 e. The van der Waals surface area contributed by atoms with Gasteiger partial charge < -0.3 is 10.6 Å². The monoisotopic (exact) mass is 232 g/mol. The maximum absolute atomic E-state index is 4.56. The lowest BCUT2D eigenvalue weighted by Crippen LogP contribution is -2.38.